The van der Waals surface area contributed by atoms with Crippen LogP contribution in [0.4, 0.5) is 10.7 Å². The summed E-state index contributed by atoms with van der Waals surface area (Å²) in [6.45, 7) is 3.57. The predicted molar refractivity (Wildman–Crippen MR) is 135 cm³/mol. The van der Waals surface area contributed by atoms with Crippen LogP contribution in [0.3, 0.4) is 0 Å². The zero-order valence-corrected chi connectivity index (χ0v) is 20.1. The molecule has 0 saturated carbocycles. The number of imide groups is 1. The van der Waals surface area contributed by atoms with E-state index in [-0.39, 0.29) is 11.1 Å². The van der Waals surface area contributed by atoms with Crippen LogP contribution in [0, 0.1) is 5.92 Å². The molecule has 8 nitrogen and oxygen atoms in total. The summed E-state index contributed by atoms with van der Waals surface area (Å²) in [5, 5.41) is 9.70. The third-order valence-electron chi connectivity index (χ3n) is 5.89. The lowest BCUT2D eigenvalue weighted by atomic mass is 9.97. The quantitative estimate of drug-likeness (QED) is 0.479. The number of hydrogen-bond donors (Lipinski definition) is 2. The van der Waals surface area contributed by atoms with Crippen molar-refractivity contribution in [2.45, 2.75) is 19.4 Å². The van der Waals surface area contributed by atoms with E-state index in [1.165, 1.54) is 11.1 Å². The molecule has 2 N–H and O–H groups in total. The number of thioether (sulfide) groups is 1. The van der Waals surface area contributed by atoms with E-state index in [1.54, 1.807) is 29.7 Å². The Bertz CT molecular complexity index is 1210. The Kier molecular flexibility index (Phi) is 6.98. The number of aromatic nitrogens is 3. The maximum atomic E-state index is 11.8. The molecule has 174 valence electrons. The van der Waals surface area contributed by atoms with Gasteiger partial charge in [-0.25, -0.2) is 9.97 Å². The monoisotopic (exact) mass is 492 g/mol. The summed E-state index contributed by atoms with van der Waals surface area (Å²) >= 11 is 2.58. The molecule has 2 aliphatic heterocycles. The van der Waals surface area contributed by atoms with Crippen LogP contribution in [-0.4, -0.2) is 45.7 Å². The average molecular weight is 493 g/mol. The van der Waals surface area contributed by atoms with Gasteiger partial charge in [0.05, 0.1) is 16.3 Å². The van der Waals surface area contributed by atoms with Gasteiger partial charge in [0.1, 0.15) is 0 Å². The van der Waals surface area contributed by atoms with Crippen molar-refractivity contribution in [2.24, 2.45) is 5.92 Å². The van der Waals surface area contributed by atoms with E-state index >= 15 is 0 Å². The van der Waals surface area contributed by atoms with E-state index in [0.29, 0.717) is 22.5 Å². The van der Waals surface area contributed by atoms with Gasteiger partial charge < -0.3 is 10.2 Å². The fraction of sp³-hybridized carbons (Fsp3) is 0.292. The lowest BCUT2D eigenvalue weighted by molar-refractivity contribution is -0.115. The Hall–Kier alpha value is -3.08. The first kappa shape index (κ1) is 22.7. The normalized spacial score (nSPS) is 18.0. The maximum absolute atomic E-state index is 11.8. The van der Waals surface area contributed by atoms with Crippen LogP contribution in [0.25, 0.3) is 17.3 Å². The molecule has 0 radical (unpaired) electrons. The Balaban J connectivity index is 1.11. The number of rotatable bonds is 7. The predicted octanol–water partition coefficient (Wildman–Crippen LogP) is 3.93. The number of thiophene rings is 1. The van der Waals surface area contributed by atoms with E-state index in [9.17, 15) is 9.59 Å². The van der Waals surface area contributed by atoms with Gasteiger partial charge in [-0.2, -0.15) is 11.3 Å². The van der Waals surface area contributed by atoms with Gasteiger partial charge in [0, 0.05) is 43.0 Å². The van der Waals surface area contributed by atoms with Crippen LogP contribution in [0.5, 0.6) is 0 Å². The summed E-state index contributed by atoms with van der Waals surface area (Å²) in [4.78, 5) is 39.2. The molecule has 3 aromatic heterocycles. The smallest absolute Gasteiger partial charge is 0.290 e. The fourth-order valence-electron chi connectivity index (χ4n) is 4.06. The number of pyridine rings is 1. The first-order valence-electron chi connectivity index (χ1n) is 11.1. The molecule has 0 bridgehead atoms. The van der Waals surface area contributed by atoms with Gasteiger partial charge in [-0.1, -0.05) is 0 Å². The Morgan fingerprint density at radius 3 is 2.76 bits per heavy atom. The summed E-state index contributed by atoms with van der Waals surface area (Å²) in [6, 6.07) is 8.06. The molecule has 2 amide bonds. The molecule has 0 atom stereocenters. The highest BCUT2D eigenvalue weighted by atomic mass is 32.2. The van der Waals surface area contributed by atoms with Crippen LogP contribution in [0.1, 0.15) is 24.1 Å². The van der Waals surface area contributed by atoms with Crippen molar-refractivity contribution >= 4 is 46.3 Å². The van der Waals surface area contributed by atoms with E-state index in [0.717, 1.165) is 56.5 Å². The van der Waals surface area contributed by atoms with Crippen molar-refractivity contribution < 1.29 is 9.59 Å². The third-order valence-corrected chi connectivity index (χ3v) is 7.38. The molecule has 0 aliphatic carbocycles. The zero-order chi connectivity index (χ0) is 23.3. The number of hydrogen-bond acceptors (Lipinski definition) is 9. The first-order chi connectivity index (χ1) is 16.6. The van der Waals surface area contributed by atoms with Crippen molar-refractivity contribution in [1.29, 1.82) is 0 Å². The molecule has 0 spiro atoms. The van der Waals surface area contributed by atoms with Gasteiger partial charge in [-0.3, -0.25) is 19.9 Å². The molecule has 5 rings (SSSR count). The van der Waals surface area contributed by atoms with Crippen molar-refractivity contribution in [3.8, 4) is 11.3 Å². The molecular formula is C24H24N6O2S2. The Labute approximate surface area is 205 Å². The molecule has 2 aliphatic rings. The third kappa shape index (κ3) is 5.52. The molecule has 0 unspecified atom stereocenters. The van der Waals surface area contributed by atoms with Crippen molar-refractivity contribution in [2.75, 3.05) is 24.5 Å². The van der Waals surface area contributed by atoms with Gasteiger partial charge in [-0.15, -0.1) is 0 Å². The van der Waals surface area contributed by atoms with Gasteiger partial charge in [-0.05, 0) is 78.4 Å². The van der Waals surface area contributed by atoms with E-state index in [1.807, 2.05) is 6.20 Å². The standard InChI is InChI=1S/C24H24N6O2S2/c31-22-21(34-24(32)29-22)12-19-2-7-27-23(28-19)30-8-3-16(4-9-30)13-25-14-17-1-6-26-20(11-17)18-5-10-33-15-18/h1-2,5-7,10-12,15-16,25H,3-4,8-9,13-14H2,(H,29,31,32)/b21-12+. The average Bonchev–Trinajstić information content (AvgIpc) is 3.50. The number of amides is 2. The second kappa shape index (κ2) is 10.5. The number of piperidine rings is 1. The lowest BCUT2D eigenvalue weighted by Gasteiger charge is -2.32. The van der Waals surface area contributed by atoms with Crippen LogP contribution < -0.4 is 15.5 Å². The summed E-state index contributed by atoms with van der Waals surface area (Å²) in [5.41, 5.74) is 4.05. The van der Waals surface area contributed by atoms with Gasteiger partial charge in [0.25, 0.3) is 11.1 Å². The SMILES string of the molecule is O=C1NC(=O)/C(=C\c2ccnc(N3CCC(CNCc4ccnc(-c5ccsc5)c4)CC3)n2)S1. The number of carbonyl (C=O) groups excluding carboxylic acids is 2. The molecule has 10 heteroatoms. The Morgan fingerprint density at radius 1 is 1.15 bits per heavy atom. The molecule has 2 fully saturated rings. The second-order valence-electron chi connectivity index (χ2n) is 8.26. The maximum Gasteiger partial charge on any atom is 0.290 e. The highest BCUT2D eigenvalue weighted by molar-refractivity contribution is 8.18. The molecule has 2 saturated heterocycles. The van der Waals surface area contributed by atoms with E-state index in [4.69, 9.17) is 0 Å². The number of nitrogens with zero attached hydrogens (tertiary/aromatic N) is 4. The minimum absolute atomic E-state index is 0.354. The summed E-state index contributed by atoms with van der Waals surface area (Å²) < 4.78 is 0. The fourth-order valence-corrected chi connectivity index (χ4v) is 5.38. The summed E-state index contributed by atoms with van der Waals surface area (Å²) in [5.74, 6) is 0.885. The zero-order valence-electron chi connectivity index (χ0n) is 18.4. The molecular weight excluding hydrogens is 468 g/mol. The van der Waals surface area contributed by atoms with Crippen LogP contribution in [-0.2, 0) is 11.3 Å². The van der Waals surface area contributed by atoms with Crippen molar-refractivity contribution in [3.63, 3.8) is 0 Å². The van der Waals surface area contributed by atoms with Crippen LogP contribution in [0.15, 0.2) is 52.3 Å². The second-order valence-corrected chi connectivity index (χ2v) is 10.1. The largest absolute Gasteiger partial charge is 0.341 e. The van der Waals surface area contributed by atoms with Crippen LogP contribution in [0.2, 0.25) is 0 Å². The summed E-state index contributed by atoms with van der Waals surface area (Å²) in [7, 11) is 0. The van der Waals surface area contributed by atoms with E-state index in [2.05, 4.69) is 59.4 Å². The number of carbonyl (C=O) groups is 2. The number of anilines is 1. The highest BCUT2D eigenvalue weighted by Crippen LogP contribution is 2.26. The van der Waals surface area contributed by atoms with Crippen LogP contribution >= 0.6 is 23.1 Å². The topological polar surface area (TPSA) is 100 Å². The minimum atomic E-state index is -0.377. The number of nitrogens with one attached hydrogen (secondary N) is 2. The van der Waals surface area contributed by atoms with Crippen molar-refractivity contribution in [3.05, 3.63) is 63.6 Å². The van der Waals surface area contributed by atoms with Gasteiger partial charge >= 0.3 is 0 Å². The minimum Gasteiger partial charge on any atom is -0.341 e. The molecule has 34 heavy (non-hydrogen) atoms. The summed E-state index contributed by atoms with van der Waals surface area (Å²) in [6.07, 6.45) is 7.33. The molecule has 3 aromatic rings. The molecule has 0 aromatic carbocycles. The van der Waals surface area contributed by atoms with Crippen molar-refractivity contribution in [1.82, 2.24) is 25.6 Å². The Morgan fingerprint density at radius 2 is 2.00 bits per heavy atom. The first-order valence-corrected chi connectivity index (χ1v) is 12.9. The highest BCUT2D eigenvalue weighted by Gasteiger charge is 2.25. The molecule has 5 heterocycles. The lowest BCUT2D eigenvalue weighted by Crippen LogP contribution is -2.38. The van der Waals surface area contributed by atoms with Gasteiger partial charge in [0.15, 0.2) is 0 Å². The van der Waals surface area contributed by atoms with E-state index < -0.39 is 0 Å². The van der Waals surface area contributed by atoms with Gasteiger partial charge in [0.2, 0.25) is 5.95 Å².